The first kappa shape index (κ1) is 61.7. The van der Waals surface area contributed by atoms with Crippen LogP contribution in [0.1, 0.15) is 111 Å². The summed E-state index contributed by atoms with van der Waals surface area (Å²) in [6.07, 6.45) is 0. The molecule has 0 amide bonds. The van der Waals surface area contributed by atoms with Crippen LogP contribution in [0.4, 0.5) is 39.8 Å². The highest BCUT2D eigenvalue weighted by molar-refractivity contribution is 7.26. The van der Waals surface area contributed by atoms with Gasteiger partial charge >= 0.3 is 6.85 Å². The highest BCUT2D eigenvalue weighted by Gasteiger charge is 2.47. The molecule has 98 heavy (non-hydrogen) atoms. The molecular formula is C91H80BN3OS2. The summed E-state index contributed by atoms with van der Waals surface area (Å²) in [6, 6.07) is 97.0. The van der Waals surface area contributed by atoms with Crippen LogP contribution in [0.25, 0.3) is 96.0 Å². The van der Waals surface area contributed by atoms with Gasteiger partial charge in [-0.05, 0) is 162 Å². The summed E-state index contributed by atoms with van der Waals surface area (Å²) < 4.78 is 9.93. The summed E-state index contributed by atoms with van der Waals surface area (Å²) in [6.45, 7) is 28.0. The van der Waals surface area contributed by atoms with Crippen molar-refractivity contribution in [1.82, 2.24) is 0 Å². The van der Waals surface area contributed by atoms with E-state index in [4.69, 9.17) is 4.42 Å². The molecule has 0 bridgehead atoms. The van der Waals surface area contributed by atoms with Crippen LogP contribution in [0.3, 0.4) is 0 Å². The number of hydrogen-bond donors (Lipinski definition) is 0. The SMILES string of the molecule is CC(C)(C)c1ccc(N2B3c4cc5c(-c6ccccc6)sc(-c6ccccc6)c5cc4N(Cc4ccc(C(C)(C)C)cc4-c4ccccc4)c4cc5c(oc6ccccc65)c(c43)-c3cc4c(cc32)sc2cc(N(c3ccc(C(C)(C)C)cc3)c3ccc(C(C)(C)C)cc3)ccc24)cc1. The van der Waals surface area contributed by atoms with E-state index >= 15 is 0 Å². The smallest absolute Gasteiger partial charge is 0.333 e. The first-order valence-corrected chi connectivity index (χ1v) is 36.3. The van der Waals surface area contributed by atoms with Gasteiger partial charge in [-0.15, -0.1) is 22.7 Å². The maximum atomic E-state index is 7.46. The molecule has 0 saturated heterocycles. The molecule has 0 radical (unpaired) electrons. The standard InChI is InChI=1S/C91H80BN3OS2/c1-88(2,3)60-34-40-64(41-35-60)94(65-42-36-61(37-43-65)89(4,5)6)67-46-47-69-71-50-75-77(54-82(71)97-81(69)49-67)95(66-44-38-62(39-45-66)90(7,8)9)92-76-51-73-74(87(58-28-20-15-21-29-58)98-86(73)57-26-18-14-19-27-57)53-78(76)93(79-52-72-68-30-22-23-31-80(68)96-85(72)83(75)84(79)92)55-59-32-33-63(91(10,11)12)48-70(59)56-24-16-13-17-25-56/h13-54H,55H2,1-12H3. The number of benzene rings is 12. The number of thiophene rings is 2. The summed E-state index contributed by atoms with van der Waals surface area (Å²) in [7, 11) is 0. The molecule has 2 aliphatic rings. The van der Waals surface area contributed by atoms with Gasteiger partial charge in [-0.1, -0.05) is 259 Å². The minimum atomic E-state index is -0.289. The Balaban J connectivity index is 0.966. The molecule has 480 valence electrons. The van der Waals surface area contributed by atoms with Crippen LogP contribution in [0.5, 0.6) is 0 Å². The number of nitrogens with zero attached hydrogens (tertiary/aromatic N) is 3. The molecule has 0 unspecified atom stereocenters. The van der Waals surface area contributed by atoms with Crippen LogP contribution < -0.4 is 25.5 Å². The van der Waals surface area contributed by atoms with Crippen LogP contribution >= 0.6 is 22.7 Å². The minimum absolute atomic E-state index is 0.0254. The van der Waals surface area contributed by atoms with Gasteiger partial charge in [0.1, 0.15) is 11.2 Å². The fourth-order valence-electron chi connectivity index (χ4n) is 15.4. The van der Waals surface area contributed by atoms with Crippen molar-refractivity contribution in [3.63, 3.8) is 0 Å². The number of rotatable bonds is 9. The average Bonchev–Trinajstić information content (AvgIpc) is 1.20. The van der Waals surface area contributed by atoms with Gasteiger partial charge in [0, 0.05) is 109 Å². The Morgan fingerprint density at radius 2 is 0.888 bits per heavy atom. The molecule has 0 fully saturated rings. The van der Waals surface area contributed by atoms with Gasteiger partial charge in [-0.3, -0.25) is 0 Å². The number of para-hydroxylation sites is 1. The van der Waals surface area contributed by atoms with Crippen LogP contribution in [-0.4, -0.2) is 6.85 Å². The fraction of sp³-hybridized carbons (Fsp3) is 0.187. The molecule has 2 aliphatic heterocycles. The molecule has 15 aromatic rings. The molecule has 0 N–H and O–H groups in total. The second-order valence-electron chi connectivity index (χ2n) is 31.3. The average molecular weight is 1310 g/mol. The molecule has 5 heterocycles. The van der Waals surface area contributed by atoms with E-state index in [1.165, 1.54) is 113 Å². The van der Waals surface area contributed by atoms with Crippen molar-refractivity contribution in [1.29, 1.82) is 0 Å². The van der Waals surface area contributed by atoms with Gasteiger partial charge in [-0.2, -0.15) is 0 Å². The van der Waals surface area contributed by atoms with Gasteiger partial charge in [0.2, 0.25) is 0 Å². The number of furan rings is 1. The molecule has 3 aromatic heterocycles. The molecule has 0 spiro atoms. The molecule has 7 heteroatoms. The Kier molecular flexibility index (Phi) is 14.4. The van der Waals surface area contributed by atoms with E-state index < -0.39 is 0 Å². The Labute approximate surface area is 585 Å². The van der Waals surface area contributed by atoms with E-state index in [-0.39, 0.29) is 28.5 Å². The van der Waals surface area contributed by atoms with E-state index in [1.807, 2.05) is 22.7 Å². The van der Waals surface area contributed by atoms with E-state index in [0.29, 0.717) is 6.54 Å². The molecule has 17 rings (SSSR count). The van der Waals surface area contributed by atoms with Crippen LogP contribution in [0.15, 0.2) is 259 Å². The second kappa shape index (κ2) is 22.8. The first-order chi connectivity index (χ1) is 47.1. The van der Waals surface area contributed by atoms with Crippen molar-refractivity contribution in [2.75, 3.05) is 14.6 Å². The largest absolute Gasteiger partial charge is 0.455 e. The maximum absolute atomic E-state index is 7.46. The first-order valence-electron chi connectivity index (χ1n) is 34.7. The summed E-state index contributed by atoms with van der Waals surface area (Å²) in [4.78, 5) is 10.4. The number of fused-ring (bicyclic) bond motifs is 12. The lowest BCUT2D eigenvalue weighted by Crippen LogP contribution is -2.62. The Morgan fingerprint density at radius 3 is 1.48 bits per heavy atom. The molecule has 0 atom stereocenters. The molecule has 4 nitrogen and oxygen atoms in total. The van der Waals surface area contributed by atoms with Crippen molar-refractivity contribution in [3.8, 4) is 43.1 Å². The summed E-state index contributed by atoms with van der Waals surface area (Å²) in [5.41, 5.74) is 26.0. The van der Waals surface area contributed by atoms with Crippen molar-refractivity contribution in [2.24, 2.45) is 0 Å². The van der Waals surface area contributed by atoms with Gasteiger partial charge in [0.25, 0.3) is 0 Å². The third-order valence-corrected chi connectivity index (χ3v) is 23.2. The zero-order valence-corrected chi connectivity index (χ0v) is 59.7. The Morgan fingerprint density at radius 1 is 0.378 bits per heavy atom. The molecule has 12 aromatic carbocycles. The van der Waals surface area contributed by atoms with E-state index in [2.05, 4.69) is 352 Å². The van der Waals surface area contributed by atoms with Crippen LogP contribution in [0, 0.1) is 0 Å². The number of anilines is 7. The van der Waals surface area contributed by atoms with E-state index in [0.717, 1.165) is 61.5 Å². The maximum Gasteiger partial charge on any atom is 0.333 e. The van der Waals surface area contributed by atoms with Gasteiger partial charge in [0.15, 0.2) is 0 Å². The lowest BCUT2D eigenvalue weighted by atomic mass is 9.43. The lowest BCUT2D eigenvalue weighted by Gasteiger charge is -2.46. The van der Waals surface area contributed by atoms with E-state index in [1.54, 1.807) is 0 Å². The Bertz CT molecular complexity index is 5560. The third-order valence-electron chi connectivity index (χ3n) is 20.8. The fourth-order valence-corrected chi connectivity index (χ4v) is 17.8. The predicted molar refractivity (Wildman–Crippen MR) is 426 cm³/mol. The highest BCUT2D eigenvalue weighted by atomic mass is 32.1. The normalized spacial score (nSPS) is 13.3. The van der Waals surface area contributed by atoms with Crippen molar-refractivity contribution in [2.45, 2.75) is 111 Å². The van der Waals surface area contributed by atoms with Crippen molar-refractivity contribution < 1.29 is 4.42 Å². The van der Waals surface area contributed by atoms with Gasteiger partial charge < -0.3 is 19.0 Å². The van der Waals surface area contributed by atoms with Crippen molar-refractivity contribution in [3.05, 3.63) is 283 Å². The Hall–Kier alpha value is -9.92. The third kappa shape index (κ3) is 10.4. The summed E-state index contributed by atoms with van der Waals surface area (Å²) in [5.74, 6) is 0. The predicted octanol–water partition coefficient (Wildman–Crippen LogP) is 25.4. The number of hydrogen-bond acceptors (Lipinski definition) is 6. The summed E-state index contributed by atoms with van der Waals surface area (Å²) >= 11 is 3.80. The van der Waals surface area contributed by atoms with E-state index in [9.17, 15) is 0 Å². The quantitative estimate of drug-likeness (QED) is 0.134. The van der Waals surface area contributed by atoms with Gasteiger partial charge in [0.05, 0.1) is 0 Å². The zero-order valence-electron chi connectivity index (χ0n) is 58.1. The lowest BCUT2D eigenvalue weighted by molar-refractivity contribution is 0.590. The topological polar surface area (TPSA) is 22.9 Å². The van der Waals surface area contributed by atoms with Gasteiger partial charge in [-0.25, -0.2) is 0 Å². The van der Waals surface area contributed by atoms with Crippen molar-refractivity contribution >= 4 is 133 Å². The summed E-state index contributed by atoms with van der Waals surface area (Å²) in [5, 5.41) is 7.19. The van der Waals surface area contributed by atoms with Crippen LogP contribution in [0.2, 0.25) is 0 Å². The molecule has 0 saturated carbocycles. The minimum Gasteiger partial charge on any atom is -0.455 e. The van der Waals surface area contributed by atoms with Crippen LogP contribution in [-0.2, 0) is 28.2 Å². The highest BCUT2D eigenvalue weighted by Crippen LogP contribution is 2.55. The second-order valence-corrected chi connectivity index (χ2v) is 33.4. The molecule has 0 aliphatic carbocycles. The molecular weight excluding hydrogens is 1230 g/mol. The zero-order chi connectivity index (χ0) is 67.3. The monoisotopic (exact) mass is 1310 g/mol.